The van der Waals surface area contributed by atoms with Crippen LogP contribution < -0.4 is 14.8 Å². The van der Waals surface area contributed by atoms with Crippen molar-refractivity contribution >= 4 is 29.0 Å². The van der Waals surface area contributed by atoms with Crippen molar-refractivity contribution in [3.63, 3.8) is 0 Å². The molecule has 0 radical (unpaired) electrons. The minimum Gasteiger partial charge on any atom is -0.448 e. The molecule has 4 nitrogen and oxygen atoms in total. The second-order valence-electron chi connectivity index (χ2n) is 5.82. The van der Waals surface area contributed by atoms with Gasteiger partial charge in [-0.15, -0.1) is 11.3 Å². The maximum absolute atomic E-state index is 12.0. The molecule has 0 bridgehead atoms. The Kier molecular flexibility index (Phi) is 3.58. The summed E-state index contributed by atoms with van der Waals surface area (Å²) in [4.78, 5) is 13.0. The lowest BCUT2D eigenvalue weighted by atomic mass is 10.2. The molecule has 1 fully saturated rings. The second kappa shape index (κ2) is 5.74. The standard InChI is InChI=1S/C18H17NO3S/c20-17(8-6-14-4-3-11-23-14)19-13-5-7-15-16(12-13)22-18(21-15)9-1-2-10-18/h3-8,11-12H,1-2,9-10H2,(H,19,20)/b8-6+. The summed E-state index contributed by atoms with van der Waals surface area (Å²) in [6, 6.07) is 9.46. The Balaban J connectivity index is 1.44. The first-order valence-electron chi connectivity index (χ1n) is 7.77. The first-order chi connectivity index (χ1) is 11.2. The second-order valence-corrected chi connectivity index (χ2v) is 6.80. The summed E-state index contributed by atoms with van der Waals surface area (Å²) < 4.78 is 12.0. The van der Waals surface area contributed by atoms with E-state index in [0.717, 1.165) is 36.3 Å². The van der Waals surface area contributed by atoms with Gasteiger partial charge in [0.25, 0.3) is 5.79 Å². The molecule has 4 rings (SSSR count). The highest BCUT2D eigenvalue weighted by Crippen LogP contribution is 2.47. The van der Waals surface area contributed by atoms with Crippen LogP contribution in [0.2, 0.25) is 0 Å². The van der Waals surface area contributed by atoms with E-state index in [1.54, 1.807) is 17.4 Å². The van der Waals surface area contributed by atoms with E-state index in [2.05, 4.69) is 5.32 Å². The van der Waals surface area contributed by atoms with Crippen molar-refractivity contribution in [1.82, 2.24) is 0 Å². The third kappa shape index (κ3) is 2.97. The molecule has 1 aromatic carbocycles. The van der Waals surface area contributed by atoms with Gasteiger partial charge in [-0.1, -0.05) is 6.07 Å². The van der Waals surface area contributed by atoms with Gasteiger partial charge in [0.2, 0.25) is 5.91 Å². The van der Waals surface area contributed by atoms with Gasteiger partial charge in [0.05, 0.1) is 0 Å². The van der Waals surface area contributed by atoms with Crippen LogP contribution in [-0.4, -0.2) is 11.7 Å². The number of amides is 1. The molecule has 1 spiro atoms. The molecule has 1 N–H and O–H groups in total. The average Bonchev–Trinajstić information content (AvgIpc) is 3.26. The Morgan fingerprint density at radius 3 is 2.78 bits per heavy atom. The number of nitrogens with one attached hydrogen (secondary N) is 1. The van der Waals surface area contributed by atoms with Crippen molar-refractivity contribution < 1.29 is 14.3 Å². The molecule has 1 aromatic heterocycles. The molecule has 1 amide bonds. The third-order valence-corrected chi connectivity index (χ3v) is 4.95. The fraction of sp³-hybridized carbons (Fsp3) is 0.278. The van der Waals surface area contributed by atoms with Crippen molar-refractivity contribution in [1.29, 1.82) is 0 Å². The summed E-state index contributed by atoms with van der Waals surface area (Å²) in [7, 11) is 0. The van der Waals surface area contributed by atoms with E-state index in [9.17, 15) is 4.79 Å². The summed E-state index contributed by atoms with van der Waals surface area (Å²) in [6.45, 7) is 0. The number of ether oxygens (including phenoxy) is 2. The van der Waals surface area contributed by atoms with Crippen LogP contribution in [-0.2, 0) is 4.79 Å². The first kappa shape index (κ1) is 14.3. The van der Waals surface area contributed by atoms with Crippen LogP contribution >= 0.6 is 11.3 Å². The van der Waals surface area contributed by atoms with E-state index in [1.807, 2.05) is 35.7 Å². The van der Waals surface area contributed by atoms with E-state index >= 15 is 0 Å². The summed E-state index contributed by atoms with van der Waals surface area (Å²) >= 11 is 1.59. The van der Waals surface area contributed by atoms with Crippen LogP contribution in [0.15, 0.2) is 41.8 Å². The number of benzene rings is 1. The molecule has 118 valence electrons. The van der Waals surface area contributed by atoms with Crippen molar-refractivity contribution in [2.45, 2.75) is 31.5 Å². The summed E-state index contributed by atoms with van der Waals surface area (Å²) in [5.41, 5.74) is 0.711. The summed E-state index contributed by atoms with van der Waals surface area (Å²) in [5.74, 6) is 0.850. The van der Waals surface area contributed by atoms with Crippen LogP contribution in [0.25, 0.3) is 6.08 Å². The number of carbonyl (C=O) groups is 1. The number of rotatable bonds is 3. The quantitative estimate of drug-likeness (QED) is 0.848. The van der Waals surface area contributed by atoms with Crippen LogP contribution in [0.5, 0.6) is 11.5 Å². The molecule has 5 heteroatoms. The fourth-order valence-electron chi connectivity index (χ4n) is 3.02. The number of anilines is 1. The molecule has 0 unspecified atom stereocenters. The number of thiophene rings is 1. The van der Waals surface area contributed by atoms with Gasteiger partial charge in [-0.3, -0.25) is 4.79 Å². The number of fused-ring (bicyclic) bond motifs is 1. The fourth-order valence-corrected chi connectivity index (χ4v) is 3.64. The van der Waals surface area contributed by atoms with Gasteiger partial charge in [0.1, 0.15) is 0 Å². The largest absolute Gasteiger partial charge is 0.448 e. The zero-order valence-corrected chi connectivity index (χ0v) is 13.4. The number of carbonyl (C=O) groups excluding carboxylic acids is 1. The van der Waals surface area contributed by atoms with E-state index < -0.39 is 5.79 Å². The number of hydrogen-bond donors (Lipinski definition) is 1. The van der Waals surface area contributed by atoms with Crippen molar-refractivity contribution in [3.8, 4) is 11.5 Å². The highest BCUT2D eigenvalue weighted by Gasteiger charge is 2.44. The Morgan fingerprint density at radius 1 is 1.17 bits per heavy atom. The molecule has 1 saturated carbocycles. The van der Waals surface area contributed by atoms with Crippen LogP contribution in [0.4, 0.5) is 5.69 Å². The van der Waals surface area contributed by atoms with Gasteiger partial charge < -0.3 is 14.8 Å². The topological polar surface area (TPSA) is 47.6 Å². The molecular formula is C18H17NO3S. The van der Waals surface area contributed by atoms with Gasteiger partial charge in [0.15, 0.2) is 11.5 Å². The summed E-state index contributed by atoms with van der Waals surface area (Å²) in [6.07, 6.45) is 7.45. The molecule has 0 saturated heterocycles. The summed E-state index contributed by atoms with van der Waals surface area (Å²) in [5, 5.41) is 4.84. The minimum absolute atomic E-state index is 0.159. The predicted molar refractivity (Wildman–Crippen MR) is 90.9 cm³/mol. The van der Waals surface area contributed by atoms with Gasteiger partial charge in [0, 0.05) is 35.5 Å². The van der Waals surface area contributed by atoms with E-state index in [0.29, 0.717) is 11.4 Å². The maximum Gasteiger partial charge on any atom is 0.251 e. The van der Waals surface area contributed by atoms with Crippen molar-refractivity contribution in [2.75, 3.05) is 5.32 Å². The normalized spacial score (nSPS) is 17.9. The lowest BCUT2D eigenvalue weighted by molar-refractivity contribution is -0.111. The molecular weight excluding hydrogens is 310 g/mol. The van der Waals surface area contributed by atoms with Gasteiger partial charge in [-0.05, 0) is 42.5 Å². The maximum atomic E-state index is 12.0. The van der Waals surface area contributed by atoms with E-state index in [1.165, 1.54) is 6.08 Å². The van der Waals surface area contributed by atoms with Gasteiger partial charge in [-0.2, -0.15) is 0 Å². The molecule has 2 aromatic rings. The highest BCUT2D eigenvalue weighted by atomic mass is 32.1. The Bertz CT molecular complexity index is 746. The van der Waals surface area contributed by atoms with Crippen LogP contribution in [0.3, 0.4) is 0 Å². The molecule has 23 heavy (non-hydrogen) atoms. The molecule has 2 heterocycles. The SMILES string of the molecule is O=C(/C=C/c1cccs1)Nc1ccc2c(c1)OC1(CCCC1)O2. The average molecular weight is 327 g/mol. The lowest BCUT2D eigenvalue weighted by Gasteiger charge is -2.21. The van der Waals surface area contributed by atoms with Crippen molar-refractivity contribution in [3.05, 3.63) is 46.7 Å². The minimum atomic E-state index is -0.468. The van der Waals surface area contributed by atoms with Gasteiger partial charge >= 0.3 is 0 Å². The Labute approximate surface area is 138 Å². The van der Waals surface area contributed by atoms with E-state index in [4.69, 9.17) is 9.47 Å². The lowest BCUT2D eigenvalue weighted by Crippen LogP contribution is -2.34. The Morgan fingerprint density at radius 2 is 2.00 bits per heavy atom. The van der Waals surface area contributed by atoms with Crippen LogP contribution in [0, 0.1) is 0 Å². The molecule has 1 aliphatic heterocycles. The zero-order chi connectivity index (χ0) is 15.7. The Hall–Kier alpha value is -2.27. The smallest absolute Gasteiger partial charge is 0.251 e. The third-order valence-electron chi connectivity index (χ3n) is 4.11. The van der Waals surface area contributed by atoms with Gasteiger partial charge in [-0.25, -0.2) is 0 Å². The molecule has 2 aliphatic rings. The monoisotopic (exact) mass is 327 g/mol. The van der Waals surface area contributed by atoms with E-state index in [-0.39, 0.29) is 5.91 Å². The zero-order valence-electron chi connectivity index (χ0n) is 12.6. The van der Waals surface area contributed by atoms with Crippen LogP contribution in [0.1, 0.15) is 30.6 Å². The molecule has 0 atom stereocenters. The number of hydrogen-bond acceptors (Lipinski definition) is 4. The first-order valence-corrected chi connectivity index (χ1v) is 8.65. The molecule has 1 aliphatic carbocycles. The van der Waals surface area contributed by atoms with Crippen molar-refractivity contribution in [2.24, 2.45) is 0 Å². The highest BCUT2D eigenvalue weighted by molar-refractivity contribution is 7.10. The predicted octanol–water partition coefficient (Wildman–Crippen LogP) is 4.44.